The number of rotatable bonds is 3. The molecule has 1 aromatic rings. The van der Waals surface area contributed by atoms with Gasteiger partial charge in [-0.25, -0.2) is 18.1 Å². The van der Waals surface area contributed by atoms with Gasteiger partial charge < -0.3 is 0 Å². The van der Waals surface area contributed by atoms with Gasteiger partial charge in [0.05, 0.1) is 0 Å². The minimum atomic E-state index is -3.62. The first-order valence-electron chi connectivity index (χ1n) is 5.40. The van der Waals surface area contributed by atoms with E-state index in [9.17, 15) is 8.42 Å². The number of aromatic nitrogens is 1. The van der Waals surface area contributed by atoms with Crippen LogP contribution in [-0.4, -0.2) is 19.4 Å². The maximum atomic E-state index is 12.0. The number of nitriles is 1. The molecular formula is C11H13N3O2S. The van der Waals surface area contributed by atoms with Crippen LogP contribution in [0.4, 0.5) is 0 Å². The molecule has 0 radical (unpaired) electrons. The Morgan fingerprint density at radius 2 is 2.24 bits per heavy atom. The van der Waals surface area contributed by atoms with Gasteiger partial charge in [-0.05, 0) is 30.9 Å². The van der Waals surface area contributed by atoms with E-state index in [0.717, 1.165) is 12.8 Å². The van der Waals surface area contributed by atoms with Crippen LogP contribution in [-0.2, 0) is 10.0 Å². The van der Waals surface area contributed by atoms with Crippen molar-refractivity contribution in [2.45, 2.75) is 30.7 Å². The minimum Gasteiger partial charge on any atom is -0.244 e. The second-order valence-corrected chi connectivity index (χ2v) is 6.04. The van der Waals surface area contributed by atoms with Gasteiger partial charge in [0.25, 0.3) is 0 Å². The van der Waals surface area contributed by atoms with Crippen molar-refractivity contribution in [2.75, 3.05) is 0 Å². The molecule has 1 heterocycles. The molecule has 90 valence electrons. The minimum absolute atomic E-state index is 0.0123. The highest BCUT2D eigenvalue weighted by Crippen LogP contribution is 2.28. The van der Waals surface area contributed by atoms with Gasteiger partial charge in [0.2, 0.25) is 10.0 Å². The first-order valence-corrected chi connectivity index (χ1v) is 6.88. The van der Waals surface area contributed by atoms with Crippen LogP contribution in [0.3, 0.4) is 0 Å². The predicted octanol–water partition coefficient (Wildman–Crippen LogP) is 1.03. The molecule has 2 rings (SSSR count). The zero-order valence-corrected chi connectivity index (χ0v) is 10.2. The molecule has 17 heavy (non-hydrogen) atoms. The smallest absolute Gasteiger partial charge is 0.243 e. The van der Waals surface area contributed by atoms with Gasteiger partial charge in [-0.15, -0.1) is 0 Å². The lowest BCUT2D eigenvalue weighted by molar-refractivity contribution is 0.270. The van der Waals surface area contributed by atoms with Gasteiger partial charge >= 0.3 is 0 Å². The molecule has 0 unspecified atom stereocenters. The van der Waals surface area contributed by atoms with Crippen molar-refractivity contribution in [1.82, 2.24) is 9.71 Å². The topological polar surface area (TPSA) is 82.8 Å². The lowest BCUT2D eigenvalue weighted by Gasteiger charge is -2.32. The third-order valence-electron chi connectivity index (χ3n) is 2.86. The zero-order chi connectivity index (χ0) is 12.5. The number of hydrogen-bond acceptors (Lipinski definition) is 4. The third-order valence-corrected chi connectivity index (χ3v) is 4.41. The lowest BCUT2D eigenvalue weighted by Crippen LogP contribution is -2.43. The highest BCUT2D eigenvalue weighted by molar-refractivity contribution is 7.89. The average molecular weight is 251 g/mol. The number of nitrogens with zero attached hydrogens (tertiary/aromatic N) is 2. The molecule has 0 bridgehead atoms. The van der Waals surface area contributed by atoms with Crippen molar-refractivity contribution in [1.29, 1.82) is 5.26 Å². The number of hydrogen-bond donors (Lipinski definition) is 1. The second-order valence-electron chi connectivity index (χ2n) is 4.36. The summed E-state index contributed by atoms with van der Waals surface area (Å²) in [6.07, 6.45) is 3.10. The summed E-state index contributed by atoms with van der Waals surface area (Å²) in [5.74, 6) is 0.562. The summed E-state index contributed by atoms with van der Waals surface area (Å²) in [7, 11) is -3.62. The Hall–Kier alpha value is -1.45. The first kappa shape index (κ1) is 12.0. The average Bonchev–Trinajstić information content (AvgIpc) is 2.26. The van der Waals surface area contributed by atoms with E-state index >= 15 is 0 Å². The van der Waals surface area contributed by atoms with Crippen LogP contribution in [0.5, 0.6) is 0 Å². The highest BCUT2D eigenvalue weighted by atomic mass is 32.2. The Morgan fingerprint density at radius 3 is 2.82 bits per heavy atom. The Labute approximate surface area is 101 Å². The van der Waals surface area contributed by atoms with E-state index in [0.29, 0.717) is 5.92 Å². The molecular weight excluding hydrogens is 238 g/mol. The molecule has 1 aromatic heterocycles. The third kappa shape index (κ3) is 2.46. The Kier molecular flexibility index (Phi) is 3.13. The fourth-order valence-corrected chi connectivity index (χ4v) is 3.34. The summed E-state index contributed by atoms with van der Waals surface area (Å²) < 4.78 is 26.6. The van der Waals surface area contributed by atoms with Crippen LogP contribution in [0.15, 0.2) is 23.2 Å². The van der Waals surface area contributed by atoms with E-state index < -0.39 is 10.0 Å². The fraction of sp³-hybridized carbons (Fsp3) is 0.455. The molecule has 0 atom stereocenters. The number of sulfonamides is 1. The molecule has 1 aliphatic carbocycles. The Bertz CT molecular complexity index is 556. The van der Waals surface area contributed by atoms with Gasteiger partial charge in [-0.1, -0.05) is 6.92 Å². The fourth-order valence-electron chi connectivity index (χ4n) is 1.97. The van der Waals surface area contributed by atoms with Crippen LogP contribution in [0.25, 0.3) is 0 Å². The number of pyridine rings is 1. The molecule has 0 aliphatic heterocycles. The van der Waals surface area contributed by atoms with Crippen LogP contribution in [0.2, 0.25) is 0 Å². The summed E-state index contributed by atoms with van der Waals surface area (Å²) >= 11 is 0. The van der Waals surface area contributed by atoms with Gasteiger partial charge in [-0.3, -0.25) is 0 Å². The van der Waals surface area contributed by atoms with Crippen LogP contribution in [0.1, 0.15) is 25.5 Å². The Morgan fingerprint density at radius 1 is 1.53 bits per heavy atom. The molecule has 1 fully saturated rings. The van der Waals surface area contributed by atoms with Crippen molar-refractivity contribution >= 4 is 10.0 Å². The standard InChI is InChI=1S/C11H13N3O2S/c1-8-5-9(6-8)14-17(15,16)11-3-2-4-13-10(11)7-12/h2-4,8-9,14H,5-6H2,1H3. The maximum Gasteiger partial charge on any atom is 0.243 e. The highest BCUT2D eigenvalue weighted by Gasteiger charge is 2.30. The van der Waals surface area contributed by atoms with E-state index in [1.165, 1.54) is 18.3 Å². The molecule has 0 spiro atoms. The summed E-state index contributed by atoms with van der Waals surface area (Å²) in [4.78, 5) is 3.71. The van der Waals surface area contributed by atoms with E-state index in [4.69, 9.17) is 5.26 Å². The van der Waals surface area contributed by atoms with E-state index in [1.54, 1.807) is 6.07 Å². The second kappa shape index (κ2) is 4.43. The van der Waals surface area contributed by atoms with Gasteiger partial charge in [0, 0.05) is 12.2 Å². The monoisotopic (exact) mass is 251 g/mol. The van der Waals surface area contributed by atoms with Gasteiger partial charge in [0.15, 0.2) is 5.69 Å². The zero-order valence-electron chi connectivity index (χ0n) is 9.42. The van der Waals surface area contributed by atoms with Crippen LogP contribution < -0.4 is 4.72 Å². The van der Waals surface area contributed by atoms with Crippen molar-refractivity contribution in [3.8, 4) is 6.07 Å². The molecule has 0 amide bonds. The summed E-state index contributed by atoms with van der Waals surface area (Å²) in [5, 5.41) is 8.82. The largest absolute Gasteiger partial charge is 0.244 e. The molecule has 0 aromatic carbocycles. The number of nitrogens with one attached hydrogen (secondary N) is 1. The molecule has 0 saturated heterocycles. The first-order chi connectivity index (χ1) is 8.03. The van der Waals surface area contributed by atoms with E-state index in [1.807, 2.05) is 0 Å². The molecule has 1 saturated carbocycles. The molecule has 1 N–H and O–H groups in total. The van der Waals surface area contributed by atoms with Gasteiger partial charge in [0.1, 0.15) is 11.0 Å². The van der Waals surface area contributed by atoms with Crippen molar-refractivity contribution in [2.24, 2.45) is 5.92 Å². The summed E-state index contributed by atoms with van der Waals surface area (Å²) in [5.41, 5.74) is -0.0626. The normalized spacial score (nSPS) is 23.8. The van der Waals surface area contributed by atoms with Crippen LogP contribution >= 0.6 is 0 Å². The van der Waals surface area contributed by atoms with Crippen molar-refractivity contribution in [3.63, 3.8) is 0 Å². The Balaban J connectivity index is 2.23. The lowest BCUT2D eigenvalue weighted by atomic mass is 9.83. The van der Waals surface area contributed by atoms with Crippen molar-refractivity contribution in [3.05, 3.63) is 24.0 Å². The predicted molar refractivity (Wildman–Crippen MR) is 61.5 cm³/mol. The van der Waals surface area contributed by atoms with Crippen molar-refractivity contribution < 1.29 is 8.42 Å². The summed E-state index contributed by atoms with van der Waals surface area (Å²) in [6.45, 7) is 2.08. The van der Waals surface area contributed by atoms with Gasteiger partial charge in [-0.2, -0.15) is 5.26 Å². The maximum absolute atomic E-state index is 12.0. The van der Waals surface area contributed by atoms with Crippen LogP contribution in [0, 0.1) is 17.2 Å². The molecule has 6 heteroatoms. The SMILES string of the molecule is CC1CC(NS(=O)(=O)c2cccnc2C#N)C1. The van der Waals surface area contributed by atoms with E-state index in [2.05, 4.69) is 16.6 Å². The summed E-state index contributed by atoms with van der Waals surface area (Å²) in [6, 6.07) is 4.69. The van der Waals surface area contributed by atoms with E-state index in [-0.39, 0.29) is 16.6 Å². The quantitative estimate of drug-likeness (QED) is 0.869. The molecule has 5 nitrogen and oxygen atoms in total. The molecule has 1 aliphatic rings.